The van der Waals surface area contributed by atoms with Gasteiger partial charge < -0.3 is 4.74 Å². The molecule has 1 nitrogen and oxygen atoms in total. The Hall–Kier alpha value is -0.820. The molecule has 1 rings (SSSR count). The van der Waals surface area contributed by atoms with Crippen LogP contribution in [-0.2, 0) is 16.8 Å². The van der Waals surface area contributed by atoms with Crippen molar-refractivity contribution in [3.8, 4) is 0 Å². The lowest BCUT2D eigenvalue weighted by atomic mass is 9.82. The van der Waals surface area contributed by atoms with Crippen molar-refractivity contribution in [3.05, 3.63) is 34.9 Å². The largest absolute Gasteiger partial charge is 0.380 e. The Labute approximate surface area is 87.1 Å². The average molecular weight is 192 g/mol. The van der Waals surface area contributed by atoms with Gasteiger partial charge in [-0.2, -0.15) is 0 Å². The number of methoxy groups -OCH3 is 1. The van der Waals surface area contributed by atoms with Crippen LogP contribution in [0.4, 0.5) is 0 Å². The van der Waals surface area contributed by atoms with Crippen LogP contribution in [0.2, 0.25) is 0 Å². The molecule has 0 spiro atoms. The molecule has 0 N–H and O–H groups in total. The molecule has 0 aliphatic rings. The summed E-state index contributed by atoms with van der Waals surface area (Å²) < 4.78 is 5.24. The van der Waals surface area contributed by atoms with Crippen molar-refractivity contribution in [2.75, 3.05) is 7.11 Å². The standard InChI is InChI=1S/C13H20O/c1-10-7-6-8-12(13(2,3)4)11(10)9-14-5/h6-8H,9H2,1-5H3. The first-order valence-electron chi connectivity index (χ1n) is 5.04. The van der Waals surface area contributed by atoms with E-state index in [0.717, 1.165) is 0 Å². The second-order valence-electron chi connectivity index (χ2n) is 4.78. The first kappa shape index (κ1) is 11.3. The molecule has 0 amide bonds. The molecule has 0 atom stereocenters. The minimum atomic E-state index is 0.194. The van der Waals surface area contributed by atoms with Gasteiger partial charge in [-0.3, -0.25) is 0 Å². The molecular weight excluding hydrogens is 172 g/mol. The Bertz CT molecular complexity index is 308. The highest BCUT2D eigenvalue weighted by molar-refractivity contribution is 5.38. The smallest absolute Gasteiger partial charge is 0.0718 e. The van der Waals surface area contributed by atoms with E-state index in [0.29, 0.717) is 6.61 Å². The summed E-state index contributed by atoms with van der Waals surface area (Å²) in [6, 6.07) is 6.46. The Balaban J connectivity index is 3.21. The van der Waals surface area contributed by atoms with E-state index in [1.165, 1.54) is 16.7 Å². The van der Waals surface area contributed by atoms with Crippen LogP contribution < -0.4 is 0 Å². The van der Waals surface area contributed by atoms with Gasteiger partial charge in [-0.25, -0.2) is 0 Å². The molecule has 0 fully saturated rings. The van der Waals surface area contributed by atoms with E-state index in [1.807, 2.05) is 0 Å². The third-order valence-electron chi connectivity index (χ3n) is 2.51. The van der Waals surface area contributed by atoms with E-state index in [1.54, 1.807) is 7.11 Å². The Morgan fingerprint density at radius 1 is 1.21 bits per heavy atom. The quantitative estimate of drug-likeness (QED) is 0.697. The summed E-state index contributed by atoms with van der Waals surface area (Å²) in [6.07, 6.45) is 0. The van der Waals surface area contributed by atoms with Gasteiger partial charge in [-0.1, -0.05) is 39.0 Å². The van der Waals surface area contributed by atoms with Crippen LogP contribution in [0.1, 0.15) is 37.5 Å². The molecule has 0 aliphatic heterocycles. The number of hydrogen-bond donors (Lipinski definition) is 0. The van der Waals surface area contributed by atoms with Gasteiger partial charge in [0.05, 0.1) is 6.61 Å². The maximum atomic E-state index is 5.24. The highest BCUT2D eigenvalue weighted by atomic mass is 16.5. The van der Waals surface area contributed by atoms with Crippen molar-refractivity contribution in [2.24, 2.45) is 0 Å². The van der Waals surface area contributed by atoms with E-state index >= 15 is 0 Å². The number of benzene rings is 1. The molecule has 1 aromatic carbocycles. The zero-order chi connectivity index (χ0) is 10.8. The molecule has 1 aromatic rings. The molecule has 14 heavy (non-hydrogen) atoms. The predicted molar refractivity (Wildman–Crippen MR) is 60.6 cm³/mol. The molecule has 0 saturated carbocycles. The third kappa shape index (κ3) is 2.36. The number of hydrogen-bond acceptors (Lipinski definition) is 1. The van der Waals surface area contributed by atoms with Gasteiger partial charge in [0.2, 0.25) is 0 Å². The van der Waals surface area contributed by atoms with Gasteiger partial charge in [0.1, 0.15) is 0 Å². The normalized spacial score (nSPS) is 11.8. The second kappa shape index (κ2) is 4.14. The molecule has 0 saturated heterocycles. The molecule has 0 bridgehead atoms. The third-order valence-corrected chi connectivity index (χ3v) is 2.51. The minimum absolute atomic E-state index is 0.194. The molecular formula is C13H20O. The minimum Gasteiger partial charge on any atom is -0.380 e. The zero-order valence-corrected chi connectivity index (χ0v) is 9.85. The van der Waals surface area contributed by atoms with Crippen LogP contribution in [0.25, 0.3) is 0 Å². The van der Waals surface area contributed by atoms with Crippen molar-refractivity contribution in [2.45, 2.75) is 39.7 Å². The lowest BCUT2D eigenvalue weighted by molar-refractivity contribution is 0.182. The lowest BCUT2D eigenvalue weighted by Gasteiger charge is -2.24. The average Bonchev–Trinajstić information content (AvgIpc) is 2.07. The zero-order valence-electron chi connectivity index (χ0n) is 9.85. The summed E-state index contributed by atoms with van der Waals surface area (Å²) in [4.78, 5) is 0. The fourth-order valence-corrected chi connectivity index (χ4v) is 1.74. The van der Waals surface area contributed by atoms with Crippen LogP contribution in [0, 0.1) is 6.92 Å². The maximum Gasteiger partial charge on any atom is 0.0718 e. The van der Waals surface area contributed by atoms with Crippen molar-refractivity contribution in [1.29, 1.82) is 0 Å². The molecule has 1 heteroatoms. The summed E-state index contributed by atoms with van der Waals surface area (Å²) in [5, 5.41) is 0. The van der Waals surface area contributed by atoms with Gasteiger partial charge in [0.25, 0.3) is 0 Å². The fourth-order valence-electron chi connectivity index (χ4n) is 1.74. The SMILES string of the molecule is COCc1c(C)cccc1C(C)(C)C. The van der Waals surface area contributed by atoms with Gasteiger partial charge in [-0.05, 0) is 29.0 Å². The molecule has 78 valence electrons. The van der Waals surface area contributed by atoms with Crippen molar-refractivity contribution in [1.82, 2.24) is 0 Å². The van der Waals surface area contributed by atoms with Crippen molar-refractivity contribution in [3.63, 3.8) is 0 Å². The van der Waals surface area contributed by atoms with Gasteiger partial charge in [0, 0.05) is 7.11 Å². The lowest BCUT2D eigenvalue weighted by Crippen LogP contribution is -2.15. The number of aryl methyl sites for hydroxylation is 1. The van der Waals surface area contributed by atoms with Crippen molar-refractivity contribution >= 4 is 0 Å². The van der Waals surface area contributed by atoms with E-state index in [4.69, 9.17) is 4.74 Å². The summed E-state index contributed by atoms with van der Waals surface area (Å²) in [6.45, 7) is 9.56. The molecule has 0 aliphatic carbocycles. The monoisotopic (exact) mass is 192 g/mol. The van der Waals surface area contributed by atoms with Crippen LogP contribution in [0.3, 0.4) is 0 Å². The molecule has 0 radical (unpaired) electrons. The van der Waals surface area contributed by atoms with Crippen molar-refractivity contribution < 1.29 is 4.74 Å². The Morgan fingerprint density at radius 3 is 2.36 bits per heavy atom. The van der Waals surface area contributed by atoms with Crippen LogP contribution in [0.15, 0.2) is 18.2 Å². The second-order valence-corrected chi connectivity index (χ2v) is 4.78. The van der Waals surface area contributed by atoms with E-state index < -0.39 is 0 Å². The summed E-state index contributed by atoms with van der Waals surface area (Å²) in [7, 11) is 1.75. The maximum absolute atomic E-state index is 5.24. The molecule has 0 aromatic heterocycles. The molecule has 0 heterocycles. The van der Waals surface area contributed by atoms with E-state index in [-0.39, 0.29) is 5.41 Å². The summed E-state index contributed by atoms with van der Waals surface area (Å²) in [5.41, 5.74) is 4.24. The first-order valence-corrected chi connectivity index (χ1v) is 5.04. The summed E-state index contributed by atoms with van der Waals surface area (Å²) >= 11 is 0. The Morgan fingerprint density at radius 2 is 1.86 bits per heavy atom. The van der Waals surface area contributed by atoms with Gasteiger partial charge in [0.15, 0.2) is 0 Å². The van der Waals surface area contributed by atoms with E-state index in [9.17, 15) is 0 Å². The highest BCUT2D eigenvalue weighted by Gasteiger charge is 2.18. The van der Waals surface area contributed by atoms with Gasteiger partial charge in [-0.15, -0.1) is 0 Å². The first-order chi connectivity index (χ1) is 6.46. The molecule has 0 unspecified atom stereocenters. The van der Waals surface area contributed by atoms with Crippen LogP contribution in [0.5, 0.6) is 0 Å². The predicted octanol–water partition coefficient (Wildman–Crippen LogP) is 3.44. The van der Waals surface area contributed by atoms with Gasteiger partial charge >= 0.3 is 0 Å². The Kier molecular flexibility index (Phi) is 3.33. The topological polar surface area (TPSA) is 9.23 Å². The number of ether oxygens (including phenoxy) is 1. The van der Waals surface area contributed by atoms with E-state index in [2.05, 4.69) is 45.9 Å². The summed E-state index contributed by atoms with van der Waals surface area (Å²) in [5.74, 6) is 0. The van der Waals surface area contributed by atoms with Crippen LogP contribution >= 0.6 is 0 Å². The highest BCUT2D eigenvalue weighted by Crippen LogP contribution is 2.28. The fraction of sp³-hybridized carbons (Fsp3) is 0.538. The van der Waals surface area contributed by atoms with Crippen LogP contribution in [-0.4, -0.2) is 7.11 Å². The number of rotatable bonds is 2.